The van der Waals surface area contributed by atoms with Crippen LogP contribution in [0, 0.1) is 26.6 Å². The molecular formula is C18H26FIN4O. The molecule has 25 heavy (non-hydrogen) atoms. The smallest absolute Gasteiger partial charge is 0.216 e. The van der Waals surface area contributed by atoms with Gasteiger partial charge in [-0.3, -0.25) is 0 Å². The molecule has 0 saturated heterocycles. The number of aryl methyl sites for hydroxylation is 3. The van der Waals surface area contributed by atoms with E-state index in [2.05, 4.69) is 20.6 Å². The Hall–Kier alpha value is -1.64. The van der Waals surface area contributed by atoms with Crippen LogP contribution in [0.25, 0.3) is 0 Å². The summed E-state index contributed by atoms with van der Waals surface area (Å²) in [6, 6.07) is 4.88. The molecule has 0 spiro atoms. The third-order valence-corrected chi connectivity index (χ3v) is 3.78. The molecule has 7 heteroatoms. The first-order valence-corrected chi connectivity index (χ1v) is 8.19. The number of halogens is 2. The predicted octanol–water partition coefficient (Wildman–Crippen LogP) is 3.65. The van der Waals surface area contributed by atoms with Crippen molar-refractivity contribution in [1.82, 2.24) is 15.6 Å². The highest BCUT2D eigenvalue weighted by Crippen LogP contribution is 2.10. The molecule has 0 aliphatic heterocycles. The Balaban J connectivity index is 0.00000312. The molecule has 2 N–H and O–H groups in total. The van der Waals surface area contributed by atoms with Crippen molar-refractivity contribution in [2.45, 2.75) is 40.7 Å². The molecule has 1 heterocycles. The number of guanidine groups is 1. The molecule has 5 nitrogen and oxygen atoms in total. The minimum absolute atomic E-state index is 0. The molecule has 0 atom stereocenters. The molecule has 0 aliphatic rings. The molecule has 2 rings (SSSR count). The standard InChI is InChI=1S/C18H25FN4O.HI/c1-5-20-18(22-11-17-23-13(3)14(4)24-17)21-9-8-15-6-7-16(19)10-12(15)2;/h6-7,10H,5,8-9,11H2,1-4H3,(H2,20,21,22);1H. The van der Waals surface area contributed by atoms with Gasteiger partial charge in [-0.25, -0.2) is 14.4 Å². The van der Waals surface area contributed by atoms with Crippen LogP contribution in [-0.4, -0.2) is 24.0 Å². The van der Waals surface area contributed by atoms with Gasteiger partial charge in [-0.1, -0.05) is 6.07 Å². The average Bonchev–Trinajstić information content (AvgIpc) is 2.85. The quantitative estimate of drug-likeness (QED) is 0.393. The minimum Gasteiger partial charge on any atom is -0.444 e. The molecule has 0 aliphatic carbocycles. The molecule has 0 radical (unpaired) electrons. The Morgan fingerprint density at radius 1 is 1.24 bits per heavy atom. The maximum atomic E-state index is 13.1. The molecule has 0 saturated carbocycles. The largest absolute Gasteiger partial charge is 0.444 e. The Labute approximate surface area is 165 Å². The van der Waals surface area contributed by atoms with Gasteiger partial charge in [-0.2, -0.15) is 0 Å². The second-order valence-corrected chi connectivity index (χ2v) is 5.69. The molecule has 0 bridgehead atoms. The van der Waals surface area contributed by atoms with Crippen molar-refractivity contribution in [3.63, 3.8) is 0 Å². The first kappa shape index (κ1) is 21.4. The van der Waals surface area contributed by atoms with Gasteiger partial charge in [0.2, 0.25) is 5.89 Å². The van der Waals surface area contributed by atoms with Crippen LogP contribution >= 0.6 is 24.0 Å². The molecule has 1 aromatic carbocycles. The van der Waals surface area contributed by atoms with E-state index in [1.807, 2.05) is 33.8 Å². The lowest BCUT2D eigenvalue weighted by Crippen LogP contribution is -2.38. The number of hydrogen-bond acceptors (Lipinski definition) is 3. The van der Waals surface area contributed by atoms with Gasteiger partial charge in [-0.15, -0.1) is 24.0 Å². The van der Waals surface area contributed by atoms with Crippen molar-refractivity contribution in [3.8, 4) is 0 Å². The Kier molecular flexibility index (Phi) is 8.88. The third-order valence-electron chi connectivity index (χ3n) is 3.78. The van der Waals surface area contributed by atoms with Crippen molar-refractivity contribution >= 4 is 29.9 Å². The summed E-state index contributed by atoms with van der Waals surface area (Å²) >= 11 is 0. The number of aromatic nitrogens is 1. The average molecular weight is 460 g/mol. The van der Waals surface area contributed by atoms with E-state index in [4.69, 9.17) is 4.42 Å². The lowest BCUT2D eigenvalue weighted by molar-refractivity contribution is 0.473. The number of benzene rings is 1. The Morgan fingerprint density at radius 2 is 2.00 bits per heavy atom. The Morgan fingerprint density at radius 3 is 2.60 bits per heavy atom. The number of nitrogens with zero attached hydrogens (tertiary/aromatic N) is 2. The fourth-order valence-corrected chi connectivity index (χ4v) is 2.35. The molecule has 138 valence electrons. The van der Waals surface area contributed by atoms with Crippen LogP contribution in [-0.2, 0) is 13.0 Å². The van der Waals surface area contributed by atoms with Crippen LogP contribution in [0.1, 0.15) is 35.4 Å². The van der Waals surface area contributed by atoms with Crippen molar-refractivity contribution in [1.29, 1.82) is 0 Å². The van der Waals surface area contributed by atoms with Gasteiger partial charge < -0.3 is 15.1 Å². The molecule has 1 aromatic heterocycles. The van der Waals surface area contributed by atoms with Gasteiger partial charge >= 0.3 is 0 Å². The monoisotopic (exact) mass is 460 g/mol. The van der Waals surface area contributed by atoms with Gasteiger partial charge in [-0.05, 0) is 57.4 Å². The molecule has 0 unspecified atom stereocenters. The highest BCUT2D eigenvalue weighted by molar-refractivity contribution is 14.0. The van der Waals surface area contributed by atoms with Gasteiger partial charge in [0, 0.05) is 13.1 Å². The fourth-order valence-electron chi connectivity index (χ4n) is 2.35. The lowest BCUT2D eigenvalue weighted by atomic mass is 10.1. The molecule has 2 aromatic rings. The topological polar surface area (TPSA) is 62.5 Å². The fraction of sp³-hybridized carbons (Fsp3) is 0.444. The van der Waals surface area contributed by atoms with E-state index in [0.29, 0.717) is 24.9 Å². The zero-order chi connectivity index (χ0) is 17.5. The van der Waals surface area contributed by atoms with Crippen molar-refractivity contribution < 1.29 is 8.81 Å². The zero-order valence-corrected chi connectivity index (χ0v) is 17.5. The lowest BCUT2D eigenvalue weighted by Gasteiger charge is -2.12. The van der Waals surface area contributed by atoms with E-state index in [0.717, 1.165) is 35.5 Å². The van der Waals surface area contributed by atoms with Crippen molar-refractivity contribution in [3.05, 3.63) is 52.5 Å². The van der Waals surface area contributed by atoms with Crippen LogP contribution in [0.4, 0.5) is 4.39 Å². The maximum Gasteiger partial charge on any atom is 0.216 e. The zero-order valence-electron chi connectivity index (χ0n) is 15.1. The summed E-state index contributed by atoms with van der Waals surface area (Å²) in [5.41, 5.74) is 2.98. The highest BCUT2D eigenvalue weighted by atomic mass is 127. The first-order chi connectivity index (χ1) is 11.5. The highest BCUT2D eigenvalue weighted by Gasteiger charge is 2.06. The second-order valence-electron chi connectivity index (χ2n) is 5.69. The van der Waals surface area contributed by atoms with Crippen LogP contribution in [0.5, 0.6) is 0 Å². The molecule has 0 fully saturated rings. The van der Waals surface area contributed by atoms with Gasteiger partial charge in [0.25, 0.3) is 0 Å². The molecular weight excluding hydrogens is 434 g/mol. The maximum absolute atomic E-state index is 13.1. The van der Waals surface area contributed by atoms with Gasteiger partial charge in [0.05, 0.1) is 5.69 Å². The van der Waals surface area contributed by atoms with Crippen molar-refractivity contribution in [2.24, 2.45) is 4.99 Å². The summed E-state index contributed by atoms with van der Waals surface area (Å²) in [7, 11) is 0. The van der Waals surface area contributed by atoms with E-state index in [-0.39, 0.29) is 29.8 Å². The van der Waals surface area contributed by atoms with E-state index in [1.54, 1.807) is 6.07 Å². The summed E-state index contributed by atoms with van der Waals surface area (Å²) in [6.45, 7) is 9.61. The summed E-state index contributed by atoms with van der Waals surface area (Å²) in [4.78, 5) is 8.81. The number of nitrogens with one attached hydrogen (secondary N) is 2. The van der Waals surface area contributed by atoms with Crippen LogP contribution in [0.2, 0.25) is 0 Å². The summed E-state index contributed by atoms with van der Waals surface area (Å²) in [5.74, 6) is 1.95. The number of oxazole rings is 1. The second kappa shape index (κ2) is 10.4. The van der Waals surface area contributed by atoms with E-state index < -0.39 is 0 Å². The minimum atomic E-state index is -0.198. The molecule has 0 amide bonds. The first-order valence-electron chi connectivity index (χ1n) is 8.19. The number of rotatable bonds is 6. The normalized spacial score (nSPS) is 11.2. The van der Waals surface area contributed by atoms with Gasteiger partial charge in [0.1, 0.15) is 18.1 Å². The predicted molar refractivity (Wildman–Crippen MR) is 109 cm³/mol. The van der Waals surface area contributed by atoms with Crippen molar-refractivity contribution in [2.75, 3.05) is 13.1 Å². The van der Waals surface area contributed by atoms with Crippen LogP contribution in [0.15, 0.2) is 27.6 Å². The van der Waals surface area contributed by atoms with E-state index in [9.17, 15) is 4.39 Å². The van der Waals surface area contributed by atoms with Crippen LogP contribution < -0.4 is 10.6 Å². The van der Waals surface area contributed by atoms with Crippen LogP contribution in [0.3, 0.4) is 0 Å². The summed E-state index contributed by atoms with van der Waals surface area (Å²) in [5, 5.41) is 6.47. The van der Waals surface area contributed by atoms with Gasteiger partial charge in [0.15, 0.2) is 5.96 Å². The summed E-state index contributed by atoms with van der Waals surface area (Å²) in [6.07, 6.45) is 0.799. The summed E-state index contributed by atoms with van der Waals surface area (Å²) < 4.78 is 18.7. The number of aliphatic imine (C=N–C) groups is 1. The van der Waals surface area contributed by atoms with E-state index >= 15 is 0 Å². The van der Waals surface area contributed by atoms with E-state index in [1.165, 1.54) is 6.07 Å². The number of hydrogen-bond donors (Lipinski definition) is 2. The third kappa shape index (κ3) is 6.64. The SMILES string of the molecule is CCNC(=NCc1nc(C)c(C)o1)NCCc1ccc(F)cc1C.I. The Bertz CT molecular complexity index is 696.